The number of nitrogens with zero attached hydrogens (tertiary/aromatic N) is 2. The zero-order valence-corrected chi connectivity index (χ0v) is 13.9. The van der Waals surface area contributed by atoms with E-state index in [-0.39, 0.29) is 18.0 Å². The number of hydrazone groups is 1. The minimum atomic E-state index is -0.471. The van der Waals surface area contributed by atoms with Gasteiger partial charge in [0.05, 0.1) is 17.1 Å². The molecule has 124 valence electrons. The van der Waals surface area contributed by atoms with E-state index >= 15 is 0 Å². The Labute approximate surface area is 140 Å². The predicted octanol–water partition coefficient (Wildman–Crippen LogP) is 3.29. The fourth-order valence-electron chi connectivity index (χ4n) is 2.39. The van der Waals surface area contributed by atoms with Crippen molar-refractivity contribution in [3.05, 3.63) is 74.8 Å². The van der Waals surface area contributed by atoms with Gasteiger partial charge in [-0.1, -0.05) is 35.9 Å². The molecule has 0 saturated carbocycles. The van der Waals surface area contributed by atoms with Crippen molar-refractivity contribution >= 4 is 17.3 Å². The molecular weight excluding hydrogens is 306 g/mol. The van der Waals surface area contributed by atoms with Crippen molar-refractivity contribution in [2.24, 2.45) is 5.10 Å². The molecule has 0 aliphatic rings. The van der Waals surface area contributed by atoms with E-state index in [1.54, 1.807) is 12.1 Å². The van der Waals surface area contributed by atoms with Crippen LogP contribution in [0.1, 0.15) is 29.2 Å². The summed E-state index contributed by atoms with van der Waals surface area (Å²) in [4.78, 5) is 22.1. The van der Waals surface area contributed by atoms with Gasteiger partial charge in [-0.05, 0) is 31.9 Å². The third-order valence-corrected chi connectivity index (χ3v) is 3.63. The fraction of sp³-hybridized carbons (Fsp3) is 0.222. The molecule has 1 amide bonds. The standard InChI is InChI=1S/C18H19N3O3/c1-12-4-9-17(13(2)10-12)14(3)19-20-18(22)11-15-5-7-16(8-6-15)21(23)24/h4-10H,11H2,1-3H3,(H,20,22)/b19-14+. The number of hydrogen-bond acceptors (Lipinski definition) is 4. The van der Waals surface area contributed by atoms with Gasteiger partial charge < -0.3 is 0 Å². The highest BCUT2D eigenvalue weighted by molar-refractivity contribution is 6.00. The average Bonchev–Trinajstić information content (AvgIpc) is 2.53. The number of amides is 1. The molecule has 0 radical (unpaired) electrons. The Morgan fingerprint density at radius 2 is 1.83 bits per heavy atom. The minimum Gasteiger partial charge on any atom is -0.273 e. The summed E-state index contributed by atoms with van der Waals surface area (Å²) < 4.78 is 0. The van der Waals surface area contributed by atoms with Crippen LogP contribution < -0.4 is 5.43 Å². The van der Waals surface area contributed by atoms with Crippen molar-refractivity contribution in [3.8, 4) is 0 Å². The van der Waals surface area contributed by atoms with Crippen molar-refractivity contribution in [2.45, 2.75) is 27.2 Å². The van der Waals surface area contributed by atoms with E-state index < -0.39 is 4.92 Å². The summed E-state index contributed by atoms with van der Waals surface area (Å²) in [5.74, 6) is -0.270. The molecule has 0 bridgehead atoms. The first-order valence-corrected chi connectivity index (χ1v) is 7.51. The van der Waals surface area contributed by atoms with Gasteiger partial charge in [-0.15, -0.1) is 0 Å². The molecule has 0 fully saturated rings. The number of hydrogen-bond donors (Lipinski definition) is 1. The quantitative estimate of drug-likeness (QED) is 0.520. The Hall–Kier alpha value is -3.02. The SMILES string of the molecule is C/C(=N\NC(=O)Cc1ccc([N+](=O)[O-])cc1)c1ccc(C)cc1C. The molecule has 1 N–H and O–H groups in total. The zero-order chi connectivity index (χ0) is 17.7. The third-order valence-electron chi connectivity index (χ3n) is 3.63. The van der Waals surface area contributed by atoms with E-state index in [1.165, 1.54) is 17.7 Å². The molecule has 0 spiro atoms. The van der Waals surface area contributed by atoms with E-state index in [9.17, 15) is 14.9 Å². The molecular formula is C18H19N3O3. The van der Waals surface area contributed by atoms with Crippen molar-refractivity contribution in [3.63, 3.8) is 0 Å². The number of nitrogens with one attached hydrogen (secondary N) is 1. The summed E-state index contributed by atoms with van der Waals surface area (Å²) in [5.41, 5.74) is 7.20. The predicted molar refractivity (Wildman–Crippen MR) is 93.1 cm³/mol. The number of nitro groups is 1. The first-order chi connectivity index (χ1) is 11.4. The lowest BCUT2D eigenvalue weighted by Crippen LogP contribution is -2.21. The highest BCUT2D eigenvalue weighted by Gasteiger charge is 2.08. The second kappa shape index (κ2) is 7.50. The molecule has 0 saturated heterocycles. The number of aryl methyl sites for hydroxylation is 2. The minimum absolute atomic E-state index is 0.00266. The van der Waals surface area contributed by atoms with E-state index in [1.807, 2.05) is 32.9 Å². The molecule has 6 heteroatoms. The molecule has 2 rings (SSSR count). The van der Waals surface area contributed by atoms with Gasteiger partial charge in [0, 0.05) is 17.7 Å². The largest absolute Gasteiger partial charge is 0.273 e. The lowest BCUT2D eigenvalue weighted by molar-refractivity contribution is -0.384. The number of carbonyl (C=O) groups excluding carboxylic acids is 1. The Morgan fingerprint density at radius 3 is 2.42 bits per heavy atom. The third kappa shape index (κ3) is 4.49. The number of benzene rings is 2. The van der Waals surface area contributed by atoms with Crippen LogP contribution in [0.25, 0.3) is 0 Å². The molecule has 0 unspecified atom stereocenters. The van der Waals surface area contributed by atoms with Crippen LogP contribution in [0.5, 0.6) is 0 Å². The molecule has 2 aromatic rings. The van der Waals surface area contributed by atoms with E-state index in [2.05, 4.69) is 16.6 Å². The van der Waals surface area contributed by atoms with Crippen LogP contribution in [0.15, 0.2) is 47.6 Å². The average molecular weight is 325 g/mol. The number of carbonyl (C=O) groups is 1. The second-order valence-electron chi connectivity index (χ2n) is 5.65. The smallest absolute Gasteiger partial charge is 0.269 e. The monoisotopic (exact) mass is 325 g/mol. The van der Waals surface area contributed by atoms with Crippen LogP contribution in [0.2, 0.25) is 0 Å². The summed E-state index contributed by atoms with van der Waals surface area (Å²) in [5, 5.41) is 14.7. The van der Waals surface area contributed by atoms with Crippen LogP contribution in [-0.2, 0) is 11.2 Å². The van der Waals surface area contributed by atoms with Crippen LogP contribution in [0.4, 0.5) is 5.69 Å². The molecule has 0 aromatic heterocycles. The van der Waals surface area contributed by atoms with Crippen LogP contribution in [-0.4, -0.2) is 16.5 Å². The Bertz CT molecular complexity index is 796. The molecule has 0 aliphatic carbocycles. The summed E-state index contributed by atoms with van der Waals surface area (Å²) >= 11 is 0. The Balaban J connectivity index is 2.00. The first-order valence-electron chi connectivity index (χ1n) is 7.51. The van der Waals surface area contributed by atoms with Crippen LogP contribution >= 0.6 is 0 Å². The molecule has 0 atom stereocenters. The van der Waals surface area contributed by atoms with Crippen molar-refractivity contribution in [1.82, 2.24) is 5.43 Å². The highest BCUT2D eigenvalue weighted by atomic mass is 16.6. The second-order valence-corrected chi connectivity index (χ2v) is 5.65. The molecule has 2 aromatic carbocycles. The summed E-state index contributed by atoms with van der Waals surface area (Å²) in [6.45, 7) is 5.86. The lowest BCUT2D eigenvalue weighted by atomic mass is 10.0. The van der Waals surface area contributed by atoms with Gasteiger partial charge in [0.2, 0.25) is 5.91 Å². The van der Waals surface area contributed by atoms with E-state index in [4.69, 9.17) is 0 Å². The normalized spacial score (nSPS) is 11.2. The maximum Gasteiger partial charge on any atom is 0.269 e. The molecule has 6 nitrogen and oxygen atoms in total. The van der Waals surface area contributed by atoms with Gasteiger partial charge in [0.25, 0.3) is 5.69 Å². The van der Waals surface area contributed by atoms with Gasteiger partial charge in [-0.3, -0.25) is 14.9 Å². The van der Waals surface area contributed by atoms with E-state index in [0.717, 1.165) is 16.8 Å². The number of non-ortho nitro benzene ring substituents is 1. The van der Waals surface area contributed by atoms with Gasteiger partial charge in [0.1, 0.15) is 0 Å². The van der Waals surface area contributed by atoms with Crippen LogP contribution in [0, 0.1) is 24.0 Å². The summed E-state index contributed by atoms with van der Waals surface area (Å²) in [6.07, 6.45) is 0.113. The van der Waals surface area contributed by atoms with Crippen molar-refractivity contribution in [2.75, 3.05) is 0 Å². The van der Waals surface area contributed by atoms with Crippen LogP contribution in [0.3, 0.4) is 0 Å². The van der Waals surface area contributed by atoms with Gasteiger partial charge >= 0.3 is 0 Å². The fourth-order valence-corrected chi connectivity index (χ4v) is 2.39. The summed E-state index contributed by atoms with van der Waals surface area (Å²) in [6, 6.07) is 11.9. The molecule has 0 aliphatic heterocycles. The Kier molecular flexibility index (Phi) is 5.42. The van der Waals surface area contributed by atoms with E-state index in [0.29, 0.717) is 5.56 Å². The van der Waals surface area contributed by atoms with Crippen molar-refractivity contribution in [1.29, 1.82) is 0 Å². The van der Waals surface area contributed by atoms with Gasteiger partial charge in [0.15, 0.2) is 0 Å². The summed E-state index contributed by atoms with van der Waals surface area (Å²) in [7, 11) is 0. The topological polar surface area (TPSA) is 84.6 Å². The molecule has 24 heavy (non-hydrogen) atoms. The lowest BCUT2D eigenvalue weighted by Gasteiger charge is -2.07. The zero-order valence-electron chi connectivity index (χ0n) is 13.9. The van der Waals surface area contributed by atoms with Crippen molar-refractivity contribution < 1.29 is 9.72 Å². The maximum absolute atomic E-state index is 12.0. The van der Waals surface area contributed by atoms with Gasteiger partial charge in [-0.2, -0.15) is 5.10 Å². The highest BCUT2D eigenvalue weighted by Crippen LogP contribution is 2.13. The number of rotatable bonds is 5. The maximum atomic E-state index is 12.0. The Morgan fingerprint density at radius 1 is 1.17 bits per heavy atom. The number of nitro benzene ring substituents is 1. The van der Waals surface area contributed by atoms with Gasteiger partial charge in [-0.25, -0.2) is 5.43 Å². The molecule has 0 heterocycles. The first kappa shape index (κ1) is 17.3.